The fourth-order valence-corrected chi connectivity index (χ4v) is 7.01. The van der Waals surface area contributed by atoms with Crippen LogP contribution in [0.15, 0.2) is 0 Å². The Morgan fingerprint density at radius 2 is 1.81 bits per heavy atom. The van der Waals surface area contributed by atoms with Crippen molar-refractivity contribution in [3.05, 3.63) is 0 Å². The Hall–Kier alpha value is -0.370. The molecule has 0 amide bonds. The van der Waals surface area contributed by atoms with Crippen LogP contribution in [0.2, 0.25) is 0 Å². The molecule has 118 valence electrons. The molecule has 4 aliphatic carbocycles. The normalized spacial score (nSPS) is 56.5. The van der Waals surface area contributed by atoms with E-state index in [0.717, 1.165) is 49.9 Å². The molecular formula is C19H30O2. The van der Waals surface area contributed by atoms with Gasteiger partial charge in [0, 0.05) is 11.8 Å². The van der Waals surface area contributed by atoms with E-state index in [9.17, 15) is 9.90 Å². The van der Waals surface area contributed by atoms with Gasteiger partial charge >= 0.3 is 0 Å². The minimum absolute atomic E-state index is 0.0124. The topological polar surface area (TPSA) is 37.3 Å². The van der Waals surface area contributed by atoms with Crippen LogP contribution in [0, 0.1) is 34.5 Å². The van der Waals surface area contributed by atoms with Gasteiger partial charge in [0.05, 0.1) is 6.10 Å². The highest BCUT2D eigenvalue weighted by Crippen LogP contribution is 2.65. The summed E-state index contributed by atoms with van der Waals surface area (Å²) in [6.07, 6.45) is 10.1. The van der Waals surface area contributed by atoms with Crippen LogP contribution in [-0.2, 0) is 4.79 Å². The third kappa shape index (κ3) is 1.84. The maximum Gasteiger partial charge on any atom is 0.139 e. The van der Waals surface area contributed by atoms with E-state index in [-0.39, 0.29) is 11.5 Å². The molecule has 0 aliphatic heterocycles. The molecule has 0 radical (unpaired) electrons. The summed E-state index contributed by atoms with van der Waals surface area (Å²) in [5.74, 6) is 3.54. The first-order valence-electron chi connectivity index (χ1n) is 9.16. The molecule has 4 fully saturated rings. The van der Waals surface area contributed by atoms with Gasteiger partial charge in [-0.3, -0.25) is 4.79 Å². The molecule has 7 atom stereocenters. The lowest BCUT2D eigenvalue weighted by Gasteiger charge is -2.60. The Balaban J connectivity index is 1.64. The molecule has 21 heavy (non-hydrogen) atoms. The number of hydrogen-bond acceptors (Lipinski definition) is 2. The molecule has 0 aromatic heterocycles. The molecular weight excluding hydrogens is 260 g/mol. The number of aliphatic hydroxyl groups is 1. The van der Waals surface area contributed by atoms with Gasteiger partial charge in [0.1, 0.15) is 5.78 Å². The number of rotatable bonds is 0. The summed E-state index contributed by atoms with van der Waals surface area (Å²) in [6, 6.07) is 0. The van der Waals surface area contributed by atoms with E-state index in [1.165, 1.54) is 25.7 Å². The second kappa shape index (κ2) is 4.57. The monoisotopic (exact) mass is 290 g/mol. The Morgan fingerprint density at radius 1 is 1.00 bits per heavy atom. The molecule has 0 aromatic rings. The lowest BCUT2D eigenvalue weighted by Crippen LogP contribution is -2.54. The summed E-state index contributed by atoms with van der Waals surface area (Å²) in [5.41, 5.74) is 0.452. The van der Waals surface area contributed by atoms with E-state index >= 15 is 0 Å². The molecule has 2 nitrogen and oxygen atoms in total. The Kier molecular flexibility index (Phi) is 3.10. The number of fused-ring (bicyclic) bond motifs is 5. The van der Waals surface area contributed by atoms with Crippen LogP contribution >= 0.6 is 0 Å². The van der Waals surface area contributed by atoms with Crippen molar-refractivity contribution >= 4 is 5.78 Å². The summed E-state index contributed by atoms with van der Waals surface area (Å²) >= 11 is 0. The van der Waals surface area contributed by atoms with Gasteiger partial charge in [0.25, 0.3) is 0 Å². The predicted octanol–water partition coefficient (Wildman–Crippen LogP) is 3.96. The Morgan fingerprint density at radius 3 is 2.62 bits per heavy atom. The highest BCUT2D eigenvalue weighted by atomic mass is 16.3. The second-order valence-corrected chi connectivity index (χ2v) is 9.00. The van der Waals surface area contributed by atoms with Gasteiger partial charge in [0.15, 0.2) is 0 Å². The van der Waals surface area contributed by atoms with Gasteiger partial charge in [0.2, 0.25) is 0 Å². The second-order valence-electron chi connectivity index (χ2n) is 9.00. The van der Waals surface area contributed by atoms with Gasteiger partial charge in [-0.25, -0.2) is 0 Å². The van der Waals surface area contributed by atoms with E-state index in [4.69, 9.17) is 0 Å². The minimum atomic E-state index is -0.0541. The van der Waals surface area contributed by atoms with Crippen molar-refractivity contribution in [2.45, 2.75) is 77.7 Å². The molecule has 4 aliphatic rings. The fourth-order valence-electron chi connectivity index (χ4n) is 7.01. The van der Waals surface area contributed by atoms with E-state index < -0.39 is 0 Å². The summed E-state index contributed by atoms with van der Waals surface area (Å²) in [7, 11) is 0. The van der Waals surface area contributed by atoms with Gasteiger partial charge < -0.3 is 5.11 Å². The van der Waals surface area contributed by atoms with Crippen molar-refractivity contribution in [1.29, 1.82) is 0 Å². The van der Waals surface area contributed by atoms with Crippen LogP contribution in [0.1, 0.15) is 71.6 Å². The van der Waals surface area contributed by atoms with E-state index in [1.54, 1.807) is 0 Å². The lowest BCUT2D eigenvalue weighted by molar-refractivity contribution is -0.142. The van der Waals surface area contributed by atoms with Gasteiger partial charge in [-0.2, -0.15) is 0 Å². The van der Waals surface area contributed by atoms with Crippen molar-refractivity contribution < 1.29 is 9.90 Å². The number of aliphatic hydroxyl groups excluding tert-OH is 1. The predicted molar refractivity (Wildman–Crippen MR) is 82.7 cm³/mol. The quantitative estimate of drug-likeness (QED) is 0.733. The van der Waals surface area contributed by atoms with Crippen LogP contribution in [0.25, 0.3) is 0 Å². The zero-order valence-corrected chi connectivity index (χ0v) is 13.6. The fraction of sp³-hybridized carbons (Fsp3) is 0.947. The molecule has 0 aromatic carbocycles. The van der Waals surface area contributed by atoms with Crippen molar-refractivity contribution in [2.75, 3.05) is 0 Å². The van der Waals surface area contributed by atoms with E-state index in [1.807, 2.05) is 0 Å². The molecule has 0 unspecified atom stereocenters. The van der Waals surface area contributed by atoms with E-state index in [0.29, 0.717) is 17.1 Å². The maximum atomic E-state index is 12.4. The Labute approximate surface area is 128 Å². The average Bonchev–Trinajstić information content (AvgIpc) is 2.76. The molecule has 0 saturated heterocycles. The third-order valence-corrected chi connectivity index (χ3v) is 8.35. The van der Waals surface area contributed by atoms with Crippen LogP contribution < -0.4 is 0 Å². The number of carbonyl (C=O) groups is 1. The highest BCUT2D eigenvalue weighted by molar-refractivity contribution is 5.87. The standard InChI is InChI=1S/C19H30O2/c1-18-9-7-13(20)11-12(18)3-4-14-15-5-6-17(21)19(15,2)10-8-16(14)18/h12-16,20H,3-11H2,1-2H3/t12-,13+,14+,15+,16-,18+,19+/m0/s1. The molecule has 0 spiro atoms. The van der Waals surface area contributed by atoms with Gasteiger partial charge in [-0.1, -0.05) is 13.8 Å². The minimum Gasteiger partial charge on any atom is -0.393 e. The van der Waals surface area contributed by atoms with Crippen molar-refractivity contribution in [3.8, 4) is 0 Å². The molecule has 2 heteroatoms. The highest BCUT2D eigenvalue weighted by Gasteiger charge is 2.60. The number of carbonyl (C=O) groups excluding carboxylic acids is 1. The average molecular weight is 290 g/mol. The lowest BCUT2D eigenvalue weighted by atomic mass is 9.45. The summed E-state index contributed by atoms with van der Waals surface area (Å²) in [4.78, 5) is 12.4. The number of ketones is 1. The summed E-state index contributed by atoms with van der Waals surface area (Å²) < 4.78 is 0. The molecule has 4 saturated carbocycles. The molecule has 0 heterocycles. The largest absolute Gasteiger partial charge is 0.393 e. The van der Waals surface area contributed by atoms with Crippen LogP contribution in [0.4, 0.5) is 0 Å². The van der Waals surface area contributed by atoms with Crippen LogP contribution in [-0.4, -0.2) is 17.0 Å². The SMILES string of the molecule is C[C@@]12CC[C@@H](O)C[C@@H]1CC[C@@H]1[C@H]3CCC(=O)[C@]3(C)CC[C@@H]12. The van der Waals surface area contributed by atoms with Crippen molar-refractivity contribution in [1.82, 2.24) is 0 Å². The zero-order valence-electron chi connectivity index (χ0n) is 13.6. The van der Waals surface area contributed by atoms with Crippen molar-refractivity contribution in [2.24, 2.45) is 34.5 Å². The molecule has 0 bridgehead atoms. The van der Waals surface area contributed by atoms with E-state index in [2.05, 4.69) is 13.8 Å². The first-order chi connectivity index (χ1) is 9.95. The summed E-state index contributed by atoms with van der Waals surface area (Å²) in [5, 5.41) is 10.0. The van der Waals surface area contributed by atoms with Gasteiger partial charge in [-0.05, 0) is 80.5 Å². The molecule has 1 N–H and O–H groups in total. The smallest absolute Gasteiger partial charge is 0.139 e. The zero-order chi connectivity index (χ0) is 14.8. The number of Topliss-reactive ketones (excluding diaryl/α,β-unsaturated/α-hetero) is 1. The first kappa shape index (κ1) is 14.2. The van der Waals surface area contributed by atoms with Crippen molar-refractivity contribution in [3.63, 3.8) is 0 Å². The number of hydrogen-bond donors (Lipinski definition) is 1. The molecule has 4 rings (SSSR count). The maximum absolute atomic E-state index is 12.4. The Bertz CT molecular complexity index is 458. The summed E-state index contributed by atoms with van der Waals surface area (Å²) in [6.45, 7) is 4.78. The first-order valence-corrected chi connectivity index (χ1v) is 9.16. The van der Waals surface area contributed by atoms with Crippen LogP contribution in [0.5, 0.6) is 0 Å². The van der Waals surface area contributed by atoms with Gasteiger partial charge in [-0.15, -0.1) is 0 Å². The van der Waals surface area contributed by atoms with Crippen LogP contribution in [0.3, 0.4) is 0 Å². The third-order valence-electron chi connectivity index (χ3n) is 8.35.